The summed E-state index contributed by atoms with van der Waals surface area (Å²) in [4.78, 5) is 19.0. The first-order valence-electron chi connectivity index (χ1n) is 8.35. The number of aromatic nitrogens is 1. The Bertz CT molecular complexity index is 731. The zero-order valence-electron chi connectivity index (χ0n) is 13.7. The highest BCUT2D eigenvalue weighted by Crippen LogP contribution is 2.27. The molecule has 24 heavy (non-hydrogen) atoms. The van der Waals surface area contributed by atoms with Gasteiger partial charge in [-0.25, -0.2) is 4.98 Å². The van der Waals surface area contributed by atoms with Crippen molar-refractivity contribution < 1.29 is 13.9 Å². The summed E-state index contributed by atoms with van der Waals surface area (Å²) in [7, 11) is 1.62. The molecule has 0 aliphatic carbocycles. The molecular formula is C18H21N3O3. The lowest BCUT2D eigenvalue weighted by molar-refractivity contribution is 0.0875. The molecule has 0 saturated carbocycles. The zero-order valence-corrected chi connectivity index (χ0v) is 13.7. The number of rotatable bonds is 4. The lowest BCUT2D eigenvalue weighted by Gasteiger charge is -2.30. The molecule has 0 radical (unpaired) electrons. The van der Waals surface area contributed by atoms with Crippen LogP contribution in [0.25, 0.3) is 11.3 Å². The highest BCUT2D eigenvalue weighted by atomic mass is 16.5. The highest BCUT2D eigenvalue weighted by molar-refractivity contribution is 5.90. The second-order valence-electron chi connectivity index (χ2n) is 6.58. The number of carbonyl (C=O) groups is 1. The maximum Gasteiger partial charge on any atom is 0.307 e. The predicted molar refractivity (Wildman–Crippen MR) is 88.9 cm³/mol. The van der Waals surface area contributed by atoms with Gasteiger partial charge in [-0.3, -0.25) is 4.79 Å². The Morgan fingerprint density at radius 3 is 3.17 bits per heavy atom. The van der Waals surface area contributed by atoms with Gasteiger partial charge in [0.15, 0.2) is 5.76 Å². The van der Waals surface area contributed by atoms with E-state index in [1.54, 1.807) is 13.3 Å². The molecule has 2 aliphatic rings. The van der Waals surface area contributed by atoms with Crippen LogP contribution in [0.1, 0.15) is 23.5 Å². The molecule has 6 heteroatoms. The van der Waals surface area contributed by atoms with Crippen molar-refractivity contribution in [1.82, 2.24) is 15.2 Å². The summed E-state index contributed by atoms with van der Waals surface area (Å²) in [6.45, 7) is 3.24. The maximum absolute atomic E-state index is 12.4. The van der Waals surface area contributed by atoms with Gasteiger partial charge in [-0.1, -0.05) is 12.1 Å². The van der Waals surface area contributed by atoms with Gasteiger partial charge in [0.2, 0.25) is 0 Å². The van der Waals surface area contributed by atoms with Gasteiger partial charge < -0.3 is 19.4 Å². The van der Waals surface area contributed by atoms with Crippen molar-refractivity contribution in [2.45, 2.75) is 18.9 Å². The van der Waals surface area contributed by atoms with Crippen LogP contribution < -0.4 is 10.1 Å². The summed E-state index contributed by atoms with van der Waals surface area (Å²) in [6.07, 6.45) is 3.87. The van der Waals surface area contributed by atoms with Crippen molar-refractivity contribution in [3.8, 4) is 17.1 Å². The molecule has 3 atom stereocenters. The third-order valence-corrected chi connectivity index (χ3v) is 4.86. The van der Waals surface area contributed by atoms with Crippen LogP contribution in [0.2, 0.25) is 0 Å². The molecule has 0 spiro atoms. The Morgan fingerprint density at radius 2 is 2.33 bits per heavy atom. The first-order chi connectivity index (χ1) is 11.7. The smallest absolute Gasteiger partial charge is 0.307 e. The lowest BCUT2D eigenvalue weighted by Crippen LogP contribution is -2.47. The second-order valence-corrected chi connectivity index (χ2v) is 6.58. The number of oxazole rings is 1. The highest BCUT2D eigenvalue weighted by Gasteiger charge is 2.33. The van der Waals surface area contributed by atoms with E-state index in [0.717, 1.165) is 30.8 Å². The van der Waals surface area contributed by atoms with Crippen LogP contribution >= 0.6 is 0 Å². The molecular weight excluding hydrogens is 306 g/mol. The number of fused-ring (bicyclic) bond motifs is 2. The first-order valence-corrected chi connectivity index (χ1v) is 8.35. The number of piperidine rings is 1. The Kier molecular flexibility index (Phi) is 3.98. The number of nitrogens with zero attached hydrogens (tertiary/aromatic N) is 2. The fourth-order valence-electron chi connectivity index (χ4n) is 3.70. The minimum atomic E-state index is -0.239. The number of nitrogens with one attached hydrogen (secondary N) is 1. The van der Waals surface area contributed by atoms with Crippen LogP contribution in [0.3, 0.4) is 0 Å². The number of carbonyl (C=O) groups excluding carboxylic acids is 1. The SMILES string of the molecule is COc1cccc(-c2cnc(C(=O)N[C@@H]3C[C@@H]4CCN(C4)C3)o2)c1. The number of ether oxygens (including phenoxy) is 1. The van der Waals surface area contributed by atoms with Gasteiger partial charge >= 0.3 is 5.91 Å². The Labute approximate surface area is 140 Å². The Balaban J connectivity index is 1.45. The van der Waals surface area contributed by atoms with Crippen LogP contribution in [0.4, 0.5) is 0 Å². The van der Waals surface area contributed by atoms with Crippen molar-refractivity contribution in [1.29, 1.82) is 0 Å². The number of hydrogen-bond acceptors (Lipinski definition) is 5. The normalized spacial score (nSPS) is 25.5. The fourth-order valence-corrected chi connectivity index (χ4v) is 3.70. The molecule has 2 saturated heterocycles. The van der Waals surface area contributed by atoms with Gasteiger partial charge in [-0.15, -0.1) is 0 Å². The molecule has 1 aromatic heterocycles. The number of benzene rings is 1. The van der Waals surface area contributed by atoms with E-state index in [4.69, 9.17) is 9.15 Å². The summed E-state index contributed by atoms with van der Waals surface area (Å²) in [5, 5.41) is 3.06. The van der Waals surface area contributed by atoms with E-state index in [-0.39, 0.29) is 17.8 Å². The molecule has 1 amide bonds. The summed E-state index contributed by atoms with van der Waals surface area (Å²) < 4.78 is 10.9. The van der Waals surface area contributed by atoms with E-state index in [1.807, 2.05) is 24.3 Å². The summed E-state index contributed by atoms with van der Waals surface area (Å²) in [5.41, 5.74) is 0.836. The zero-order chi connectivity index (χ0) is 16.5. The molecule has 6 nitrogen and oxygen atoms in total. The van der Waals surface area contributed by atoms with Crippen LogP contribution in [0.15, 0.2) is 34.9 Å². The molecule has 2 aromatic rings. The summed E-state index contributed by atoms with van der Waals surface area (Å²) >= 11 is 0. The number of methoxy groups -OCH3 is 1. The van der Waals surface area contributed by atoms with Crippen LogP contribution in [0, 0.1) is 5.92 Å². The van der Waals surface area contributed by atoms with Crippen molar-refractivity contribution in [2.75, 3.05) is 26.7 Å². The van der Waals surface area contributed by atoms with E-state index in [1.165, 1.54) is 13.0 Å². The van der Waals surface area contributed by atoms with Crippen molar-refractivity contribution >= 4 is 5.91 Å². The molecule has 3 heterocycles. The molecule has 4 rings (SSSR count). The molecule has 2 bridgehead atoms. The number of amides is 1. The van der Waals surface area contributed by atoms with Crippen LogP contribution in [-0.4, -0.2) is 48.6 Å². The molecule has 2 aliphatic heterocycles. The summed E-state index contributed by atoms with van der Waals surface area (Å²) in [6, 6.07) is 7.68. The topological polar surface area (TPSA) is 67.6 Å². The van der Waals surface area contributed by atoms with E-state index >= 15 is 0 Å². The summed E-state index contributed by atoms with van der Waals surface area (Å²) in [5.74, 6) is 1.88. The van der Waals surface area contributed by atoms with Crippen LogP contribution in [-0.2, 0) is 0 Å². The molecule has 126 valence electrons. The van der Waals surface area contributed by atoms with Crippen molar-refractivity contribution in [2.24, 2.45) is 5.92 Å². The second kappa shape index (κ2) is 6.28. The maximum atomic E-state index is 12.4. The monoisotopic (exact) mass is 327 g/mol. The van der Waals surface area contributed by atoms with Crippen molar-refractivity contribution in [3.05, 3.63) is 36.4 Å². The average molecular weight is 327 g/mol. The minimum absolute atomic E-state index is 0.112. The number of hydrogen-bond donors (Lipinski definition) is 1. The minimum Gasteiger partial charge on any atom is -0.497 e. The standard InChI is InChI=1S/C18H21N3O3/c1-23-15-4-2-3-13(8-15)16-9-19-18(24-16)17(22)20-14-7-12-5-6-21(10-12)11-14/h2-4,8-9,12,14H,5-7,10-11H2,1H3,(H,20,22)/t12-,14+/m0/s1. The van der Waals surface area contributed by atoms with Gasteiger partial charge in [0, 0.05) is 24.7 Å². The molecule has 1 N–H and O–H groups in total. The van der Waals surface area contributed by atoms with E-state index < -0.39 is 0 Å². The first kappa shape index (κ1) is 15.2. The largest absolute Gasteiger partial charge is 0.497 e. The Hall–Kier alpha value is -2.34. The lowest BCUT2D eigenvalue weighted by atomic mass is 9.97. The Morgan fingerprint density at radius 1 is 1.42 bits per heavy atom. The third-order valence-electron chi connectivity index (χ3n) is 4.86. The van der Waals surface area contributed by atoms with Gasteiger partial charge in [-0.05, 0) is 37.4 Å². The van der Waals surface area contributed by atoms with Crippen molar-refractivity contribution in [3.63, 3.8) is 0 Å². The van der Waals surface area contributed by atoms with Gasteiger partial charge in [0.25, 0.3) is 5.89 Å². The molecule has 1 unspecified atom stereocenters. The quantitative estimate of drug-likeness (QED) is 0.932. The third kappa shape index (κ3) is 3.01. The van der Waals surface area contributed by atoms with E-state index in [9.17, 15) is 4.79 Å². The van der Waals surface area contributed by atoms with E-state index in [2.05, 4.69) is 15.2 Å². The average Bonchev–Trinajstić information content (AvgIpc) is 3.22. The molecule has 1 aromatic carbocycles. The molecule has 2 fully saturated rings. The van der Waals surface area contributed by atoms with Gasteiger partial charge in [-0.2, -0.15) is 0 Å². The van der Waals surface area contributed by atoms with E-state index in [0.29, 0.717) is 11.7 Å². The van der Waals surface area contributed by atoms with Crippen LogP contribution in [0.5, 0.6) is 5.75 Å². The fraction of sp³-hybridized carbons (Fsp3) is 0.444. The predicted octanol–water partition coefficient (Wildman–Crippen LogP) is 2.17. The van der Waals surface area contributed by atoms with Gasteiger partial charge in [0.1, 0.15) is 5.75 Å². The van der Waals surface area contributed by atoms with Gasteiger partial charge in [0.05, 0.1) is 13.3 Å².